The molecule has 5 nitrogen and oxygen atoms in total. The number of likely N-dealkylation sites (tertiary alicyclic amines) is 1. The number of urea groups is 1. The SMILES string of the molecule is CC(NC(=O)NC1CCN(Cc2ccncc2)CC1)c1cccc(Br)c1. The van der Waals surface area contributed by atoms with Gasteiger partial charge in [0.25, 0.3) is 0 Å². The Balaban J connectivity index is 1.42. The second kappa shape index (κ2) is 9.14. The van der Waals surface area contributed by atoms with E-state index in [2.05, 4.69) is 48.6 Å². The Bertz CT molecular complexity index is 717. The highest BCUT2D eigenvalue weighted by Crippen LogP contribution is 2.18. The monoisotopic (exact) mass is 416 g/mol. The average Bonchev–Trinajstić information content (AvgIpc) is 2.64. The summed E-state index contributed by atoms with van der Waals surface area (Å²) in [5, 5.41) is 6.15. The van der Waals surface area contributed by atoms with E-state index >= 15 is 0 Å². The smallest absolute Gasteiger partial charge is 0.315 e. The molecule has 0 saturated carbocycles. The summed E-state index contributed by atoms with van der Waals surface area (Å²) in [5.41, 5.74) is 2.37. The zero-order chi connectivity index (χ0) is 18.4. The Hall–Kier alpha value is -1.92. The molecular weight excluding hydrogens is 392 g/mol. The minimum Gasteiger partial charge on any atom is -0.335 e. The maximum absolute atomic E-state index is 12.3. The topological polar surface area (TPSA) is 57.3 Å². The van der Waals surface area contributed by atoms with Crippen molar-refractivity contribution in [3.8, 4) is 0 Å². The molecule has 1 aromatic heterocycles. The third kappa shape index (κ3) is 5.54. The number of pyridine rings is 1. The van der Waals surface area contributed by atoms with Gasteiger partial charge in [0.2, 0.25) is 0 Å². The summed E-state index contributed by atoms with van der Waals surface area (Å²) in [6.45, 7) is 4.93. The van der Waals surface area contributed by atoms with Crippen LogP contribution in [0.25, 0.3) is 0 Å². The summed E-state index contributed by atoms with van der Waals surface area (Å²) >= 11 is 3.47. The van der Waals surface area contributed by atoms with Crippen molar-refractivity contribution in [2.24, 2.45) is 0 Å². The standard InChI is InChI=1S/C20H25BrN4O/c1-15(17-3-2-4-18(21)13-17)23-20(26)24-19-7-11-25(12-8-19)14-16-5-9-22-10-6-16/h2-6,9-10,13,15,19H,7-8,11-12,14H2,1H3,(H2,23,24,26). The number of carbonyl (C=O) groups is 1. The normalized spacial score (nSPS) is 16.8. The first-order chi connectivity index (χ1) is 12.6. The fourth-order valence-electron chi connectivity index (χ4n) is 3.26. The number of nitrogens with one attached hydrogen (secondary N) is 2. The third-order valence-corrected chi connectivity index (χ3v) is 5.27. The van der Waals surface area contributed by atoms with E-state index in [1.165, 1.54) is 5.56 Å². The van der Waals surface area contributed by atoms with Crippen LogP contribution in [0.15, 0.2) is 53.3 Å². The van der Waals surface area contributed by atoms with Crippen LogP contribution >= 0.6 is 15.9 Å². The maximum atomic E-state index is 12.3. The molecule has 1 atom stereocenters. The van der Waals surface area contributed by atoms with Crippen molar-refractivity contribution >= 4 is 22.0 Å². The van der Waals surface area contributed by atoms with E-state index in [0.717, 1.165) is 42.5 Å². The molecule has 26 heavy (non-hydrogen) atoms. The van der Waals surface area contributed by atoms with Crippen LogP contribution in [-0.2, 0) is 6.54 Å². The minimum absolute atomic E-state index is 0.0284. The van der Waals surface area contributed by atoms with Crippen molar-refractivity contribution < 1.29 is 4.79 Å². The Morgan fingerprint density at radius 3 is 2.69 bits per heavy atom. The Morgan fingerprint density at radius 1 is 1.27 bits per heavy atom. The molecule has 1 aliphatic heterocycles. The van der Waals surface area contributed by atoms with Gasteiger partial charge in [0.1, 0.15) is 0 Å². The van der Waals surface area contributed by atoms with Crippen LogP contribution in [-0.4, -0.2) is 35.0 Å². The fraction of sp³-hybridized carbons (Fsp3) is 0.400. The maximum Gasteiger partial charge on any atom is 0.315 e. The molecule has 138 valence electrons. The second-order valence-electron chi connectivity index (χ2n) is 6.80. The summed E-state index contributed by atoms with van der Waals surface area (Å²) in [4.78, 5) is 18.8. The predicted molar refractivity (Wildman–Crippen MR) is 107 cm³/mol. The molecular formula is C20H25BrN4O. The Labute approximate surface area is 163 Å². The molecule has 2 heterocycles. The van der Waals surface area contributed by atoms with Crippen molar-refractivity contribution in [1.82, 2.24) is 20.5 Å². The lowest BCUT2D eigenvalue weighted by Crippen LogP contribution is -2.48. The molecule has 0 radical (unpaired) electrons. The Morgan fingerprint density at radius 2 is 2.00 bits per heavy atom. The van der Waals surface area contributed by atoms with Gasteiger partial charge in [-0.15, -0.1) is 0 Å². The van der Waals surface area contributed by atoms with Gasteiger partial charge in [0.15, 0.2) is 0 Å². The third-order valence-electron chi connectivity index (χ3n) is 4.77. The van der Waals surface area contributed by atoms with E-state index in [1.807, 2.05) is 43.6 Å². The number of halogens is 1. The molecule has 0 spiro atoms. The molecule has 1 aliphatic rings. The molecule has 2 N–H and O–H groups in total. The lowest BCUT2D eigenvalue weighted by molar-refractivity contribution is 0.186. The van der Waals surface area contributed by atoms with E-state index in [-0.39, 0.29) is 18.1 Å². The molecule has 0 bridgehead atoms. The van der Waals surface area contributed by atoms with Gasteiger partial charge in [-0.25, -0.2) is 4.79 Å². The molecule has 1 unspecified atom stereocenters. The van der Waals surface area contributed by atoms with Crippen LogP contribution in [0.5, 0.6) is 0 Å². The number of nitrogens with zero attached hydrogens (tertiary/aromatic N) is 2. The van der Waals surface area contributed by atoms with Crippen molar-refractivity contribution in [3.63, 3.8) is 0 Å². The molecule has 0 aliphatic carbocycles. The predicted octanol–water partition coefficient (Wildman–Crippen LogP) is 3.87. The van der Waals surface area contributed by atoms with E-state index in [9.17, 15) is 4.79 Å². The number of carbonyl (C=O) groups excluding carboxylic acids is 1. The van der Waals surface area contributed by atoms with Crippen LogP contribution in [0.3, 0.4) is 0 Å². The van der Waals surface area contributed by atoms with Gasteiger partial charge < -0.3 is 10.6 Å². The van der Waals surface area contributed by atoms with Crippen LogP contribution in [0.2, 0.25) is 0 Å². The largest absolute Gasteiger partial charge is 0.335 e. The van der Waals surface area contributed by atoms with Crippen molar-refractivity contribution in [1.29, 1.82) is 0 Å². The number of rotatable bonds is 5. The van der Waals surface area contributed by atoms with E-state index < -0.39 is 0 Å². The first-order valence-electron chi connectivity index (χ1n) is 9.04. The fourth-order valence-corrected chi connectivity index (χ4v) is 3.68. The lowest BCUT2D eigenvalue weighted by Gasteiger charge is -2.32. The zero-order valence-corrected chi connectivity index (χ0v) is 16.6. The van der Waals surface area contributed by atoms with Gasteiger partial charge in [-0.05, 0) is 55.2 Å². The summed E-state index contributed by atoms with van der Waals surface area (Å²) in [7, 11) is 0. The number of aromatic nitrogens is 1. The van der Waals surface area contributed by atoms with Gasteiger partial charge in [-0.2, -0.15) is 0 Å². The number of benzene rings is 1. The number of amides is 2. The van der Waals surface area contributed by atoms with Crippen LogP contribution in [0.1, 0.15) is 36.9 Å². The summed E-state index contributed by atoms with van der Waals surface area (Å²) in [6.07, 6.45) is 5.62. The number of piperidine rings is 1. The molecule has 2 amide bonds. The summed E-state index contributed by atoms with van der Waals surface area (Å²) in [6, 6.07) is 12.2. The zero-order valence-electron chi connectivity index (χ0n) is 15.0. The van der Waals surface area contributed by atoms with Gasteiger partial charge in [-0.1, -0.05) is 28.1 Å². The molecule has 1 aromatic carbocycles. The Kier molecular flexibility index (Phi) is 6.63. The number of hydrogen-bond donors (Lipinski definition) is 2. The van der Waals surface area contributed by atoms with Crippen molar-refractivity contribution in [3.05, 3.63) is 64.4 Å². The highest BCUT2D eigenvalue weighted by molar-refractivity contribution is 9.10. The van der Waals surface area contributed by atoms with Crippen LogP contribution in [0, 0.1) is 0 Å². The summed E-state index contributed by atoms with van der Waals surface area (Å²) in [5.74, 6) is 0. The molecule has 2 aromatic rings. The van der Waals surface area contributed by atoms with Crippen molar-refractivity contribution in [2.75, 3.05) is 13.1 Å². The van der Waals surface area contributed by atoms with E-state index in [0.29, 0.717) is 0 Å². The van der Waals surface area contributed by atoms with Crippen LogP contribution in [0.4, 0.5) is 4.79 Å². The summed E-state index contributed by atoms with van der Waals surface area (Å²) < 4.78 is 1.02. The van der Waals surface area contributed by atoms with Gasteiger partial charge in [0.05, 0.1) is 6.04 Å². The molecule has 1 saturated heterocycles. The average molecular weight is 417 g/mol. The number of hydrogen-bond acceptors (Lipinski definition) is 3. The highest BCUT2D eigenvalue weighted by atomic mass is 79.9. The quantitative estimate of drug-likeness (QED) is 0.777. The van der Waals surface area contributed by atoms with E-state index in [4.69, 9.17) is 0 Å². The lowest BCUT2D eigenvalue weighted by atomic mass is 10.0. The van der Waals surface area contributed by atoms with Crippen molar-refractivity contribution in [2.45, 2.75) is 38.4 Å². The van der Waals surface area contributed by atoms with Gasteiger partial charge in [-0.3, -0.25) is 9.88 Å². The van der Waals surface area contributed by atoms with Gasteiger partial charge in [0, 0.05) is 42.5 Å². The highest BCUT2D eigenvalue weighted by Gasteiger charge is 2.21. The molecule has 3 rings (SSSR count). The first kappa shape index (κ1) is 18.9. The molecule has 6 heteroatoms. The first-order valence-corrected chi connectivity index (χ1v) is 9.83. The minimum atomic E-state index is -0.0925. The van der Waals surface area contributed by atoms with Gasteiger partial charge >= 0.3 is 6.03 Å². The van der Waals surface area contributed by atoms with E-state index in [1.54, 1.807) is 0 Å². The molecule has 1 fully saturated rings. The second-order valence-corrected chi connectivity index (χ2v) is 7.72. The van der Waals surface area contributed by atoms with Crippen LogP contribution < -0.4 is 10.6 Å².